The van der Waals surface area contributed by atoms with Crippen molar-refractivity contribution in [2.75, 3.05) is 52.0 Å². The van der Waals surface area contributed by atoms with Gasteiger partial charge in [-0.1, -0.05) is 31.7 Å². The van der Waals surface area contributed by atoms with E-state index in [4.69, 9.17) is 29.0 Å². The molecule has 2 unspecified atom stereocenters. The van der Waals surface area contributed by atoms with Gasteiger partial charge in [-0.25, -0.2) is 28.6 Å². The number of aliphatic hydroxyl groups is 2. The van der Waals surface area contributed by atoms with Crippen molar-refractivity contribution in [1.29, 1.82) is 0 Å². The van der Waals surface area contributed by atoms with Gasteiger partial charge in [0.1, 0.15) is 36.3 Å². The highest BCUT2D eigenvalue weighted by molar-refractivity contribution is 8.14. The van der Waals surface area contributed by atoms with Crippen molar-refractivity contribution < 1.29 is 95.1 Å². The standard InChI is InChI=1S/C32H46N7O20P3S/c1-32(2,27(44)30(45)35-8-7-21(40)34-9-10-63-22(41)6-5-17-11-18(53-3)24(42)19(12-17)54-4)14-56-62(51,52)59-61(49,50)55-13-20-26(58-60(46,47)48)25(43)31(57-20)39-16-38-23-28(33)36-15-37-29(23)39/h5-6,11-12,15-16,20,25-27,31,42-44H,7-10,13-14H2,1-4H3,(H,34,40)(H,35,45)(H,49,50)(H,51,52)(H2,33,36,37)(H2,46,47,48)/b6-5+/t20-,25-,26-,27+,31-/m1/s1. The quantitative estimate of drug-likeness (QED) is 0.0342. The van der Waals surface area contributed by atoms with Crippen molar-refractivity contribution in [3.05, 3.63) is 36.4 Å². The second-order valence-corrected chi connectivity index (χ2v) is 19.2. The molecular formula is C32H46N7O20P3S. The second-order valence-electron chi connectivity index (χ2n) is 13.8. The van der Waals surface area contributed by atoms with E-state index in [1.165, 1.54) is 52.4 Å². The van der Waals surface area contributed by atoms with Crippen LogP contribution in [0.2, 0.25) is 0 Å². The van der Waals surface area contributed by atoms with Crippen molar-refractivity contribution in [3.63, 3.8) is 0 Å². The number of imidazole rings is 1. The predicted octanol–water partition coefficient (Wildman–Crippen LogP) is 0.101. The van der Waals surface area contributed by atoms with E-state index in [9.17, 15) is 63.0 Å². The lowest BCUT2D eigenvalue weighted by Gasteiger charge is -2.30. The fourth-order valence-corrected chi connectivity index (χ4v) is 8.90. The summed E-state index contributed by atoms with van der Waals surface area (Å²) < 4.78 is 72.4. The minimum absolute atomic E-state index is 0.0204. The first-order valence-corrected chi connectivity index (χ1v) is 23.6. The zero-order valence-electron chi connectivity index (χ0n) is 33.6. The lowest BCUT2D eigenvalue weighted by Crippen LogP contribution is -2.46. The van der Waals surface area contributed by atoms with Crippen molar-refractivity contribution in [2.24, 2.45) is 5.41 Å². The summed E-state index contributed by atoms with van der Waals surface area (Å²) in [6.07, 6.45) is -4.30. The maximum absolute atomic E-state index is 12.7. The molecule has 2 aromatic heterocycles. The van der Waals surface area contributed by atoms with Gasteiger partial charge in [-0.15, -0.1) is 0 Å². The Morgan fingerprint density at radius 1 is 1.02 bits per heavy atom. The fourth-order valence-electron chi connectivity index (χ4n) is 5.50. The highest BCUT2D eigenvalue weighted by Gasteiger charge is 2.50. The first-order chi connectivity index (χ1) is 29.4. The molecule has 3 heterocycles. The average molecular weight is 974 g/mol. The number of phosphoric ester groups is 3. The van der Waals surface area contributed by atoms with Crippen LogP contribution in [-0.4, -0.2) is 142 Å². The highest BCUT2D eigenvalue weighted by atomic mass is 32.2. The maximum atomic E-state index is 12.7. The molecule has 0 saturated carbocycles. The van der Waals surface area contributed by atoms with E-state index < -0.39 is 84.6 Å². The molecule has 0 spiro atoms. The number of nitrogens with two attached hydrogens (primary N) is 1. The Balaban J connectivity index is 1.20. The predicted molar refractivity (Wildman–Crippen MR) is 217 cm³/mol. The number of phosphoric acid groups is 3. The Morgan fingerprint density at radius 3 is 2.30 bits per heavy atom. The Bertz CT molecular complexity index is 2270. The van der Waals surface area contributed by atoms with Gasteiger partial charge in [0.25, 0.3) is 0 Å². The van der Waals surface area contributed by atoms with Crippen molar-refractivity contribution >= 4 is 75.2 Å². The molecule has 4 rings (SSSR count). The number of aliphatic hydroxyl groups excluding tert-OH is 2. The topological polar surface area (TPSA) is 402 Å². The largest absolute Gasteiger partial charge is 0.502 e. The number of anilines is 1. The van der Waals surface area contributed by atoms with E-state index in [1.807, 2.05) is 0 Å². The third-order valence-corrected chi connectivity index (χ3v) is 12.6. The number of aromatic nitrogens is 4. The molecule has 11 N–H and O–H groups in total. The summed E-state index contributed by atoms with van der Waals surface area (Å²) in [4.78, 5) is 88.2. The molecule has 31 heteroatoms. The van der Waals surface area contributed by atoms with E-state index >= 15 is 0 Å². The van der Waals surface area contributed by atoms with Crippen LogP contribution < -0.4 is 25.8 Å². The molecule has 27 nitrogen and oxygen atoms in total. The van der Waals surface area contributed by atoms with Crippen LogP contribution in [0.3, 0.4) is 0 Å². The molecule has 1 aliphatic rings. The number of phenols is 1. The summed E-state index contributed by atoms with van der Waals surface area (Å²) >= 11 is 0.914. The lowest BCUT2D eigenvalue weighted by molar-refractivity contribution is -0.137. The molecule has 0 aliphatic carbocycles. The van der Waals surface area contributed by atoms with Crippen molar-refractivity contribution in [3.8, 4) is 17.2 Å². The van der Waals surface area contributed by atoms with Gasteiger partial charge in [-0.05, 0) is 23.8 Å². The number of methoxy groups -OCH3 is 2. The Hall–Kier alpha value is -4.08. The van der Waals surface area contributed by atoms with Crippen LogP contribution in [-0.2, 0) is 50.7 Å². The zero-order chi connectivity index (χ0) is 46.9. The van der Waals surface area contributed by atoms with E-state index in [2.05, 4.69) is 34.4 Å². The number of phenolic OH excluding ortho intramolecular Hbond substituents is 1. The minimum atomic E-state index is -5.60. The molecule has 0 radical (unpaired) electrons. The van der Waals surface area contributed by atoms with Gasteiger partial charge in [0, 0.05) is 30.7 Å². The van der Waals surface area contributed by atoms with Gasteiger partial charge in [0.05, 0.1) is 33.8 Å². The smallest absolute Gasteiger partial charge is 0.481 e. The Labute approximate surface area is 361 Å². The van der Waals surface area contributed by atoms with Crippen LogP contribution in [0.1, 0.15) is 32.1 Å². The number of nitrogens with one attached hydrogen (secondary N) is 2. The van der Waals surface area contributed by atoms with Crippen LogP contribution in [0, 0.1) is 5.41 Å². The number of amides is 2. The number of thioether (sulfide) groups is 1. The van der Waals surface area contributed by atoms with Crippen LogP contribution in [0.15, 0.2) is 30.9 Å². The van der Waals surface area contributed by atoms with E-state index in [1.54, 1.807) is 0 Å². The molecule has 1 aliphatic heterocycles. The molecule has 2 amide bonds. The normalized spacial score (nSPS) is 20.5. The number of hydrogen-bond donors (Lipinski definition) is 10. The van der Waals surface area contributed by atoms with Crippen LogP contribution in [0.4, 0.5) is 5.82 Å². The summed E-state index contributed by atoms with van der Waals surface area (Å²) in [7, 11) is -13.7. The summed E-state index contributed by atoms with van der Waals surface area (Å²) in [5.41, 5.74) is 4.74. The third-order valence-electron chi connectivity index (χ3n) is 8.66. The number of ether oxygens (including phenoxy) is 3. The van der Waals surface area contributed by atoms with Gasteiger partial charge in [0.15, 0.2) is 29.2 Å². The fraction of sp³-hybridized carbons (Fsp3) is 0.500. The Morgan fingerprint density at radius 2 is 1.67 bits per heavy atom. The van der Waals surface area contributed by atoms with Gasteiger partial charge in [-0.2, -0.15) is 4.31 Å². The average Bonchev–Trinajstić information content (AvgIpc) is 3.77. The monoisotopic (exact) mass is 973 g/mol. The molecule has 1 fully saturated rings. The van der Waals surface area contributed by atoms with E-state index in [-0.39, 0.29) is 64.6 Å². The first-order valence-electron chi connectivity index (χ1n) is 18.1. The number of fused-ring (bicyclic) bond motifs is 1. The number of nitrogens with zero attached hydrogens (tertiary/aromatic N) is 4. The number of hydrogen-bond acceptors (Lipinski definition) is 21. The molecule has 1 saturated heterocycles. The van der Waals surface area contributed by atoms with Crippen molar-refractivity contribution in [2.45, 2.75) is 50.9 Å². The summed E-state index contributed by atoms with van der Waals surface area (Å²) in [5.74, 6) is -1.24. The second kappa shape index (κ2) is 21.7. The van der Waals surface area contributed by atoms with E-state index in [0.29, 0.717) is 5.56 Å². The summed E-state index contributed by atoms with van der Waals surface area (Å²) in [5, 5.41) is 36.1. The minimum Gasteiger partial charge on any atom is -0.502 e. The van der Waals surface area contributed by atoms with Gasteiger partial charge in [-0.3, -0.25) is 32.5 Å². The number of carbonyl (C=O) groups excluding carboxylic acids is 3. The molecule has 63 heavy (non-hydrogen) atoms. The zero-order valence-corrected chi connectivity index (χ0v) is 37.1. The molecule has 7 atom stereocenters. The number of aromatic hydroxyl groups is 1. The van der Waals surface area contributed by atoms with Gasteiger partial charge >= 0.3 is 23.5 Å². The third kappa shape index (κ3) is 14.7. The first kappa shape index (κ1) is 51.6. The number of nitrogen functional groups attached to an aromatic ring is 1. The lowest BCUT2D eigenvalue weighted by atomic mass is 9.87. The van der Waals surface area contributed by atoms with Crippen LogP contribution in [0.5, 0.6) is 17.2 Å². The maximum Gasteiger partial charge on any atom is 0.481 e. The molecular weight excluding hydrogens is 927 g/mol. The molecule has 1 aromatic carbocycles. The number of benzene rings is 1. The molecule has 3 aromatic rings. The number of rotatable bonds is 23. The molecule has 350 valence electrons. The Kier molecular flexibility index (Phi) is 17.8. The summed E-state index contributed by atoms with van der Waals surface area (Å²) in [6, 6.07) is 3.01. The van der Waals surface area contributed by atoms with Gasteiger partial charge in [0.2, 0.25) is 22.7 Å². The van der Waals surface area contributed by atoms with E-state index in [0.717, 1.165) is 29.0 Å². The van der Waals surface area contributed by atoms with Gasteiger partial charge < -0.3 is 65.5 Å². The van der Waals surface area contributed by atoms with Crippen LogP contribution in [0.25, 0.3) is 17.2 Å². The summed E-state index contributed by atoms with van der Waals surface area (Å²) in [6.45, 7) is 0.253. The number of carbonyl (C=O) groups is 3. The van der Waals surface area contributed by atoms with Crippen molar-refractivity contribution in [1.82, 2.24) is 30.2 Å². The SMILES string of the molecule is COc1cc(/C=C/C(=O)SCCNC(=O)CCNC(=O)[C@H](O)C(C)(C)COP(=O)(O)OP(=O)(O)OC[C@H]2O[C@@H](n3cnc4c(N)ncnc43)[C@H](O)[C@@H]2OP(=O)(O)O)cc(OC)c1O. The highest BCUT2D eigenvalue weighted by Crippen LogP contribution is 2.61. The van der Waals surface area contributed by atoms with Crippen LogP contribution >= 0.6 is 35.2 Å². The molecule has 0 bridgehead atoms.